The lowest BCUT2D eigenvalue weighted by molar-refractivity contribution is -0.118. The largest absolute Gasteiger partial charge is 0.482 e. The van der Waals surface area contributed by atoms with Crippen molar-refractivity contribution in [1.29, 1.82) is 0 Å². The molecule has 1 heterocycles. The Kier molecular flexibility index (Phi) is 5.23. The number of fused-ring (bicyclic) bond motifs is 1. The Labute approximate surface area is 127 Å². The van der Waals surface area contributed by atoms with Gasteiger partial charge in [0.25, 0.3) is 5.91 Å². The molecule has 1 amide bonds. The third kappa shape index (κ3) is 4.21. The van der Waals surface area contributed by atoms with Crippen molar-refractivity contribution in [3.05, 3.63) is 23.8 Å². The number of carbonyl (C=O) groups is 1. The van der Waals surface area contributed by atoms with Crippen LogP contribution < -0.4 is 15.4 Å². The molecule has 1 aliphatic heterocycles. The van der Waals surface area contributed by atoms with Crippen LogP contribution >= 0.6 is 0 Å². The van der Waals surface area contributed by atoms with Gasteiger partial charge in [-0.25, -0.2) is 0 Å². The van der Waals surface area contributed by atoms with E-state index in [9.17, 15) is 4.79 Å². The minimum atomic E-state index is -0.0905. The number of anilines is 1. The van der Waals surface area contributed by atoms with Gasteiger partial charge in [0, 0.05) is 6.54 Å². The summed E-state index contributed by atoms with van der Waals surface area (Å²) < 4.78 is 5.36. The topological polar surface area (TPSA) is 50.4 Å². The van der Waals surface area contributed by atoms with E-state index in [0.29, 0.717) is 17.8 Å². The molecule has 4 heteroatoms. The average Bonchev–Trinajstić information content (AvgIpc) is 2.42. The molecule has 0 aromatic heterocycles. The van der Waals surface area contributed by atoms with Gasteiger partial charge in [-0.2, -0.15) is 0 Å². The molecule has 0 spiro atoms. The van der Waals surface area contributed by atoms with Crippen molar-refractivity contribution in [1.82, 2.24) is 5.32 Å². The number of nitrogens with one attached hydrogen (secondary N) is 2. The first kappa shape index (κ1) is 15.8. The Balaban J connectivity index is 1.92. The van der Waals surface area contributed by atoms with E-state index in [4.69, 9.17) is 4.74 Å². The maximum absolute atomic E-state index is 11.3. The third-order valence-corrected chi connectivity index (χ3v) is 4.10. The van der Waals surface area contributed by atoms with Crippen LogP contribution in [0.4, 0.5) is 5.69 Å². The fourth-order valence-electron chi connectivity index (χ4n) is 2.86. The first-order chi connectivity index (χ1) is 9.97. The fraction of sp³-hybridized carbons (Fsp3) is 0.588. The highest BCUT2D eigenvalue weighted by Gasteiger charge is 2.18. The van der Waals surface area contributed by atoms with E-state index in [1.165, 1.54) is 0 Å². The van der Waals surface area contributed by atoms with Crippen LogP contribution in [0.5, 0.6) is 5.75 Å². The zero-order valence-corrected chi connectivity index (χ0v) is 13.4. The van der Waals surface area contributed by atoms with Crippen LogP contribution in [-0.2, 0) is 11.3 Å². The van der Waals surface area contributed by atoms with E-state index in [2.05, 4.69) is 38.3 Å². The minimum Gasteiger partial charge on any atom is -0.482 e. The Morgan fingerprint density at radius 3 is 2.62 bits per heavy atom. The number of carbonyl (C=O) groups excluding carboxylic acids is 1. The van der Waals surface area contributed by atoms with Gasteiger partial charge in [-0.15, -0.1) is 0 Å². The molecule has 2 N–H and O–H groups in total. The molecule has 0 unspecified atom stereocenters. The Morgan fingerprint density at radius 2 is 1.95 bits per heavy atom. The smallest absolute Gasteiger partial charge is 0.262 e. The molecule has 1 aromatic carbocycles. The molecule has 0 bridgehead atoms. The second-order valence-electron chi connectivity index (χ2n) is 6.45. The van der Waals surface area contributed by atoms with Gasteiger partial charge in [-0.05, 0) is 42.0 Å². The molecule has 1 aliphatic rings. The van der Waals surface area contributed by atoms with E-state index in [0.717, 1.165) is 30.1 Å². The molecule has 0 fully saturated rings. The van der Waals surface area contributed by atoms with Gasteiger partial charge in [-0.1, -0.05) is 33.8 Å². The van der Waals surface area contributed by atoms with Crippen LogP contribution in [0.1, 0.15) is 33.3 Å². The Morgan fingerprint density at radius 1 is 1.24 bits per heavy atom. The van der Waals surface area contributed by atoms with Crippen molar-refractivity contribution in [2.45, 2.75) is 34.2 Å². The summed E-state index contributed by atoms with van der Waals surface area (Å²) >= 11 is 0. The van der Waals surface area contributed by atoms with Crippen molar-refractivity contribution in [3.8, 4) is 5.75 Å². The summed E-state index contributed by atoms with van der Waals surface area (Å²) in [7, 11) is 0. The van der Waals surface area contributed by atoms with E-state index < -0.39 is 0 Å². The number of ether oxygens (including phenoxy) is 1. The van der Waals surface area contributed by atoms with Gasteiger partial charge in [-0.3, -0.25) is 4.79 Å². The normalized spacial score (nSPS) is 14.3. The monoisotopic (exact) mass is 290 g/mol. The van der Waals surface area contributed by atoms with Crippen molar-refractivity contribution < 1.29 is 9.53 Å². The summed E-state index contributed by atoms with van der Waals surface area (Å²) in [4.78, 5) is 11.3. The molecule has 0 radical (unpaired) electrons. The highest BCUT2D eigenvalue weighted by molar-refractivity contribution is 5.95. The molecule has 116 valence electrons. The van der Waals surface area contributed by atoms with Crippen LogP contribution in [0.15, 0.2) is 18.2 Å². The van der Waals surface area contributed by atoms with Crippen molar-refractivity contribution in [2.24, 2.45) is 17.8 Å². The van der Waals surface area contributed by atoms with Crippen molar-refractivity contribution in [3.63, 3.8) is 0 Å². The number of rotatable bonds is 6. The van der Waals surface area contributed by atoms with Gasteiger partial charge in [0.05, 0.1) is 5.69 Å². The zero-order chi connectivity index (χ0) is 15.4. The molecule has 0 aliphatic carbocycles. The van der Waals surface area contributed by atoms with Crippen LogP contribution in [0.3, 0.4) is 0 Å². The maximum atomic E-state index is 11.3. The minimum absolute atomic E-state index is 0.0905. The second-order valence-corrected chi connectivity index (χ2v) is 6.45. The summed E-state index contributed by atoms with van der Waals surface area (Å²) in [5.41, 5.74) is 1.93. The van der Waals surface area contributed by atoms with Crippen molar-refractivity contribution >= 4 is 11.6 Å². The predicted octanol–water partition coefficient (Wildman–Crippen LogP) is 3.04. The Bertz CT molecular complexity index is 490. The van der Waals surface area contributed by atoms with Gasteiger partial charge in [0.2, 0.25) is 0 Å². The number of hydrogen-bond acceptors (Lipinski definition) is 3. The lowest BCUT2D eigenvalue weighted by atomic mass is 9.85. The summed E-state index contributed by atoms with van der Waals surface area (Å²) in [5.74, 6) is 2.68. The highest BCUT2D eigenvalue weighted by Crippen LogP contribution is 2.28. The van der Waals surface area contributed by atoms with Gasteiger partial charge in [0.15, 0.2) is 6.61 Å². The van der Waals surface area contributed by atoms with Gasteiger partial charge < -0.3 is 15.4 Å². The highest BCUT2D eigenvalue weighted by atomic mass is 16.5. The summed E-state index contributed by atoms with van der Waals surface area (Å²) in [5, 5.41) is 6.37. The molecule has 0 saturated heterocycles. The number of amides is 1. The summed E-state index contributed by atoms with van der Waals surface area (Å²) in [6.45, 7) is 11.0. The SMILES string of the molecule is CC(C)C(CNCc1ccc2c(c1)NC(=O)CO2)C(C)C. The molecule has 0 saturated carbocycles. The second kappa shape index (κ2) is 6.94. The van der Waals surface area contributed by atoms with Gasteiger partial charge >= 0.3 is 0 Å². The van der Waals surface area contributed by atoms with E-state index in [1.807, 2.05) is 18.2 Å². The first-order valence-electron chi connectivity index (χ1n) is 7.73. The molecular formula is C17H26N2O2. The molecule has 4 nitrogen and oxygen atoms in total. The Hall–Kier alpha value is -1.55. The fourth-order valence-corrected chi connectivity index (χ4v) is 2.86. The summed E-state index contributed by atoms with van der Waals surface area (Å²) in [6.07, 6.45) is 0. The maximum Gasteiger partial charge on any atom is 0.262 e. The lowest BCUT2D eigenvalue weighted by Crippen LogP contribution is -2.29. The predicted molar refractivity (Wildman–Crippen MR) is 85.4 cm³/mol. The molecular weight excluding hydrogens is 264 g/mol. The molecule has 21 heavy (non-hydrogen) atoms. The molecule has 0 atom stereocenters. The lowest BCUT2D eigenvalue weighted by Gasteiger charge is -2.25. The standard InChI is InChI=1S/C17H26N2O2/c1-11(2)14(12(3)4)9-18-8-13-5-6-16-15(7-13)19-17(20)10-21-16/h5-7,11-12,14,18H,8-10H2,1-4H3,(H,19,20). The van der Waals surface area contributed by atoms with Crippen LogP contribution in [-0.4, -0.2) is 19.1 Å². The van der Waals surface area contributed by atoms with Crippen LogP contribution in [0.2, 0.25) is 0 Å². The quantitative estimate of drug-likeness (QED) is 0.846. The van der Waals surface area contributed by atoms with Gasteiger partial charge in [0.1, 0.15) is 5.75 Å². The van der Waals surface area contributed by atoms with Crippen molar-refractivity contribution in [2.75, 3.05) is 18.5 Å². The first-order valence-corrected chi connectivity index (χ1v) is 7.73. The van der Waals surface area contributed by atoms with E-state index in [1.54, 1.807) is 0 Å². The third-order valence-electron chi connectivity index (χ3n) is 4.10. The number of hydrogen-bond donors (Lipinski definition) is 2. The molecule has 2 rings (SSSR count). The van der Waals surface area contributed by atoms with E-state index in [-0.39, 0.29) is 12.5 Å². The zero-order valence-electron chi connectivity index (χ0n) is 13.4. The molecule has 1 aromatic rings. The number of benzene rings is 1. The van der Waals surface area contributed by atoms with E-state index >= 15 is 0 Å². The van der Waals surface area contributed by atoms with Crippen LogP contribution in [0.25, 0.3) is 0 Å². The van der Waals surface area contributed by atoms with Crippen LogP contribution in [0, 0.1) is 17.8 Å². The summed E-state index contributed by atoms with van der Waals surface area (Å²) in [6, 6.07) is 5.95. The average molecular weight is 290 g/mol.